The van der Waals surface area contributed by atoms with Crippen LogP contribution in [0.3, 0.4) is 0 Å². The Morgan fingerprint density at radius 1 is 1.35 bits per heavy atom. The van der Waals surface area contributed by atoms with Crippen LogP contribution in [-0.2, 0) is 10.0 Å². The number of likely N-dealkylation sites (tertiary alicyclic amines) is 1. The molecule has 126 valence electrons. The van der Waals surface area contributed by atoms with Gasteiger partial charge in [-0.15, -0.1) is 0 Å². The van der Waals surface area contributed by atoms with Crippen LogP contribution in [0.4, 0.5) is 0 Å². The van der Waals surface area contributed by atoms with Gasteiger partial charge in [0, 0.05) is 24.7 Å². The lowest BCUT2D eigenvalue weighted by Crippen LogP contribution is -2.31. The Bertz CT molecular complexity index is 713. The van der Waals surface area contributed by atoms with E-state index < -0.39 is 10.0 Å². The highest BCUT2D eigenvalue weighted by Crippen LogP contribution is 2.25. The van der Waals surface area contributed by atoms with E-state index in [9.17, 15) is 13.2 Å². The molecule has 23 heavy (non-hydrogen) atoms. The molecule has 1 atom stereocenters. The second-order valence-electron chi connectivity index (χ2n) is 6.51. The molecule has 0 radical (unpaired) electrons. The first-order valence-corrected chi connectivity index (χ1v) is 9.51. The summed E-state index contributed by atoms with van der Waals surface area (Å²) in [7, 11) is -3.55. The molecule has 2 aliphatic rings. The van der Waals surface area contributed by atoms with E-state index in [1.54, 1.807) is 17.0 Å². The molecule has 1 aliphatic heterocycles. The summed E-state index contributed by atoms with van der Waals surface area (Å²) in [6, 6.07) is 4.80. The molecular formula is C16H23N3O3S. The number of aryl methyl sites for hydroxylation is 1. The fourth-order valence-corrected chi connectivity index (χ4v) is 4.20. The normalized spacial score (nSPS) is 21.7. The van der Waals surface area contributed by atoms with Crippen molar-refractivity contribution in [3.63, 3.8) is 0 Å². The molecule has 6 nitrogen and oxygen atoms in total. The molecule has 0 spiro atoms. The van der Waals surface area contributed by atoms with E-state index >= 15 is 0 Å². The van der Waals surface area contributed by atoms with Crippen molar-refractivity contribution in [2.45, 2.75) is 37.1 Å². The lowest BCUT2D eigenvalue weighted by Gasteiger charge is -2.18. The first-order chi connectivity index (χ1) is 10.9. The van der Waals surface area contributed by atoms with Crippen molar-refractivity contribution in [1.29, 1.82) is 0 Å². The maximum absolute atomic E-state index is 12.7. The highest BCUT2D eigenvalue weighted by atomic mass is 32.2. The van der Waals surface area contributed by atoms with Crippen LogP contribution in [0.15, 0.2) is 23.1 Å². The van der Waals surface area contributed by atoms with Crippen molar-refractivity contribution in [2.24, 2.45) is 11.7 Å². The molecule has 1 saturated carbocycles. The topological polar surface area (TPSA) is 92.5 Å². The molecule has 1 unspecified atom stereocenters. The minimum atomic E-state index is -3.55. The van der Waals surface area contributed by atoms with Gasteiger partial charge in [-0.3, -0.25) is 4.79 Å². The number of carbonyl (C=O) groups excluding carboxylic acids is 1. The van der Waals surface area contributed by atoms with Gasteiger partial charge in [-0.05, 0) is 56.3 Å². The zero-order chi connectivity index (χ0) is 16.6. The molecule has 1 saturated heterocycles. The number of carbonyl (C=O) groups is 1. The fourth-order valence-electron chi connectivity index (χ4n) is 2.87. The predicted octanol–water partition coefficient (Wildman–Crippen LogP) is 0.857. The minimum absolute atomic E-state index is 0.0457. The van der Waals surface area contributed by atoms with Gasteiger partial charge in [0.25, 0.3) is 5.91 Å². The van der Waals surface area contributed by atoms with Crippen molar-refractivity contribution in [1.82, 2.24) is 9.62 Å². The number of amides is 1. The van der Waals surface area contributed by atoms with Crippen LogP contribution < -0.4 is 10.5 Å². The summed E-state index contributed by atoms with van der Waals surface area (Å²) in [6.07, 6.45) is 2.67. The van der Waals surface area contributed by atoms with Gasteiger partial charge in [-0.1, -0.05) is 6.07 Å². The maximum Gasteiger partial charge on any atom is 0.254 e. The summed E-state index contributed by atoms with van der Waals surface area (Å²) in [4.78, 5) is 14.6. The van der Waals surface area contributed by atoms with Gasteiger partial charge in [0.15, 0.2) is 0 Å². The molecule has 0 bridgehead atoms. The molecule has 1 aromatic carbocycles. The number of hydrogen-bond acceptors (Lipinski definition) is 4. The molecule has 2 fully saturated rings. The zero-order valence-electron chi connectivity index (χ0n) is 13.3. The van der Waals surface area contributed by atoms with Gasteiger partial charge < -0.3 is 10.6 Å². The Balaban J connectivity index is 1.84. The molecule has 3 rings (SSSR count). The van der Waals surface area contributed by atoms with E-state index in [2.05, 4.69) is 4.72 Å². The standard InChI is InChI=1S/C16H23N3O3S/c1-11-2-5-14(23(21,22)18-13-3-4-13)8-15(11)16(20)19-7-6-12(9-17)10-19/h2,5,8,12-13,18H,3-4,6-7,9-10,17H2,1H3. The number of nitrogens with one attached hydrogen (secondary N) is 1. The highest BCUT2D eigenvalue weighted by Gasteiger charge is 2.30. The molecule has 3 N–H and O–H groups in total. The van der Waals surface area contributed by atoms with Gasteiger partial charge in [-0.25, -0.2) is 13.1 Å². The summed E-state index contributed by atoms with van der Waals surface area (Å²) in [5.74, 6) is 0.227. The first kappa shape index (κ1) is 16.4. The van der Waals surface area contributed by atoms with Gasteiger partial charge in [-0.2, -0.15) is 0 Å². The Kier molecular flexibility index (Phi) is 4.44. The smallest absolute Gasteiger partial charge is 0.254 e. The largest absolute Gasteiger partial charge is 0.338 e. The van der Waals surface area contributed by atoms with Gasteiger partial charge >= 0.3 is 0 Å². The van der Waals surface area contributed by atoms with Crippen molar-refractivity contribution < 1.29 is 13.2 Å². The average molecular weight is 337 g/mol. The Morgan fingerprint density at radius 3 is 2.70 bits per heavy atom. The predicted molar refractivity (Wildman–Crippen MR) is 87.6 cm³/mol. The molecule has 7 heteroatoms. The van der Waals surface area contributed by atoms with Crippen molar-refractivity contribution in [3.05, 3.63) is 29.3 Å². The SMILES string of the molecule is Cc1ccc(S(=O)(=O)NC2CC2)cc1C(=O)N1CCC(CN)C1. The van der Waals surface area contributed by atoms with Crippen molar-refractivity contribution >= 4 is 15.9 Å². The molecule has 1 aliphatic carbocycles. The first-order valence-electron chi connectivity index (χ1n) is 8.03. The van der Waals surface area contributed by atoms with Gasteiger partial charge in [0.2, 0.25) is 10.0 Å². The van der Waals surface area contributed by atoms with E-state index in [0.717, 1.165) is 24.8 Å². The summed E-state index contributed by atoms with van der Waals surface area (Å²) < 4.78 is 27.3. The van der Waals surface area contributed by atoms with Crippen molar-refractivity contribution in [3.8, 4) is 0 Å². The molecular weight excluding hydrogens is 314 g/mol. The monoisotopic (exact) mass is 337 g/mol. The Labute approximate surface area is 137 Å². The number of nitrogens with two attached hydrogens (primary N) is 1. The van der Waals surface area contributed by atoms with Gasteiger partial charge in [0.05, 0.1) is 4.90 Å². The Morgan fingerprint density at radius 2 is 2.09 bits per heavy atom. The van der Waals surface area contributed by atoms with E-state index in [0.29, 0.717) is 31.1 Å². The zero-order valence-corrected chi connectivity index (χ0v) is 14.1. The van der Waals surface area contributed by atoms with Crippen LogP contribution in [0.2, 0.25) is 0 Å². The third kappa shape index (κ3) is 3.57. The molecule has 1 heterocycles. The van der Waals surface area contributed by atoms with E-state index in [4.69, 9.17) is 5.73 Å². The average Bonchev–Trinajstić information content (AvgIpc) is 3.18. The van der Waals surface area contributed by atoms with Crippen LogP contribution in [0.25, 0.3) is 0 Å². The molecule has 1 aromatic rings. The number of nitrogens with zero attached hydrogens (tertiary/aromatic N) is 1. The Hall–Kier alpha value is -1.44. The third-order valence-corrected chi connectivity index (χ3v) is 6.07. The third-order valence-electron chi connectivity index (χ3n) is 4.56. The van der Waals surface area contributed by atoms with Crippen LogP contribution in [0, 0.1) is 12.8 Å². The highest BCUT2D eigenvalue weighted by molar-refractivity contribution is 7.89. The van der Waals surface area contributed by atoms with E-state index in [-0.39, 0.29) is 16.8 Å². The summed E-state index contributed by atoms with van der Waals surface area (Å²) >= 11 is 0. The number of rotatable bonds is 5. The summed E-state index contributed by atoms with van der Waals surface area (Å²) in [5, 5.41) is 0. The number of benzene rings is 1. The number of hydrogen-bond donors (Lipinski definition) is 2. The van der Waals surface area contributed by atoms with Gasteiger partial charge in [0.1, 0.15) is 0 Å². The van der Waals surface area contributed by atoms with Crippen molar-refractivity contribution in [2.75, 3.05) is 19.6 Å². The second-order valence-corrected chi connectivity index (χ2v) is 8.23. The van der Waals surface area contributed by atoms with E-state index in [1.165, 1.54) is 6.07 Å². The van der Waals surface area contributed by atoms with E-state index in [1.807, 2.05) is 6.92 Å². The van der Waals surface area contributed by atoms with Crippen LogP contribution in [0.5, 0.6) is 0 Å². The van der Waals surface area contributed by atoms with Crippen LogP contribution in [-0.4, -0.2) is 44.9 Å². The minimum Gasteiger partial charge on any atom is -0.338 e. The lowest BCUT2D eigenvalue weighted by molar-refractivity contribution is 0.0786. The molecule has 1 amide bonds. The maximum atomic E-state index is 12.7. The second kappa shape index (κ2) is 6.22. The van der Waals surface area contributed by atoms with Crippen LogP contribution in [0.1, 0.15) is 35.2 Å². The summed E-state index contributed by atoms with van der Waals surface area (Å²) in [6.45, 7) is 3.72. The fraction of sp³-hybridized carbons (Fsp3) is 0.562. The summed E-state index contributed by atoms with van der Waals surface area (Å²) in [5.41, 5.74) is 6.92. The molecule has 0 aromatic heterocycles. The quantitative estimate of drug-likeness (QED) is 0.833. The number of sulfonamides is 1. The lowest BCUT2D eigenvalue weighted by atomic mass is 10.1. The van der Waals surface area contributed by atoms with Crippen LogP contribution >= 0.6 is 0 Å².